The van der Waals surface area contributed by atoms with Gasteiger partial charge < -0.3 is 0 Å². The summed E-state index contributed by atoms with van der Waals surface area (Å²) >= 11 is 0. The summed E-state index contributed by atoms with van der Waals surface area (Å²) in [6.07, 6.45) is 3.08. The van der Waals surface area contributed by atoms with E-state index in [2.05, 4.69) is 50.0 Å². The first-order chi connectivity index (χ1) is 6.58. The molecule has 0 saturated heterocycles. The van der Waals surface area contributed by atoms with Crippen LogP contribution in [0.2, 0.25) is 0 Å². The lowest BCUT2D eigenvalue weighted by atomic mass is 9.93. The van der Waals surface area contributed by atoms with E-state index in [0.717, 1.165) is 13.0 Å². The number of rotatable bonds is 3. The molecule has 0 aromatic heterocycles. The van der Waals surface area contributed by atoms with Crippen LogP contribution in [-0.4, -0.2) is 6.21 Å². The first-order valence-electron chi connectivity index (χ1n) is 5.10. The van der Waals surface area contributed by atoms with Crippen molar-refractivity contribution in [3.8, 4) is 0 Å². The van der Waals surface area contributed by atoms with Gasteiger partial charge in [-0.15, -0.1) is 0 Å². The molecule has 1 aromatic carbocycles. The molecule has 0 fully saturated rings. The standard InChI is InChI=1S/C13H19N/c1-13(2,3)9-10-14-11-12-7-5-4-6-8-12/h4-8,10H,9,11H2,1-3H3/b14-10+. The van der Waals surface area contributed by atoms with Crippen molar-refractivity contribution in [3.63, 3.8) is 0 Å². The second-order valence-corrected chi connectivity index (χ2v) is 4.77. The molecule has 0 atom stereocenters. The fourth-order valence-electron chi connectivity index (χ4n) is 1.09. The van der Waals surface area contributed by atoms with Crippen LogP contribution < -0.4 is 0 Å². The lowest BCUT2D eigenvalue weighted by Crippen LogP contribution is -2.04. The molecule has 76 valence electrons. The molecule has 0 unspecified atom stereocenters. The van der Waals surface area contributed by atoms with E-state index in [-0.39, 0.29) is 0 Å². The van der Waals surface area contributed by atoms with Gasteiger partial charge in [0.25, 0.3) is 0 Å². The molecule has 0 N–H and O–H groups in total. The Labute approximate surface area is 86.9 Å². The molecule has 0 aliphatic carbocycles. The lowest BCUT2D eigenvalue weighted by Gasteiger charge is -2.13. The molecular weight excluding hydrogens is 170 g/mol. The van der Waals surface area contributed by atoms with Crippen LogP contribution in [0.25, 0.3) is 0 Å². The van der Waals surface area contributed by atoms with Gasteiger partial charge in [0, 0.05) is 0 Å². The normalized spacial score (nSPS) is 12.2. The van der Waals surface area contributed by atoms with Gasteiger partial charge in [-0.05, 0) is 23.6 Å². The highest BCUT2D eigenvalue weighted by molar-refractivity contribution is 5.58. The van der Waals surface area contributed by atoms with Crippen molar-refractivity contribution in [1.29, 1.82) is 0 Å². The van der Waals surface area contributed by atoms with E-state index in [1.807, 2.05) is 12.3 Å². The van der Waals surface area contributed by atoms with Crippen LogP contribution in [0.1, 0.15) is 32.8 Å². The van der Waals surface area contributed by atoms with Crippen LogP contribution in [0.15, 0.2) is 35.3 Å². The quantitative estimate of drug-likeness (QED) is 0.643. The van der Waals surface area contributed by atoms with Gasteiger partial charge in [-0.2, -0.15) is 0 Å². The molecule has 0 amide bonds. The molecular formula is C13H19N. The molecule has 0 bridgehead atoms. The van der Waals surface area contributed by atoms with E-state index >= 15 is 0 Å². The topological polar surface area (TPSA) is 12.4 Å². The predicted molar refractivity (Wildman–Crippen MR) is 62.7 cm³/mol. The number of aliphatic imine (C=N–C) groups is 1. The van der Waals surface area contributed by atoms with E-state index in [1.54, 1.807) is 0 Å². The zero-order chi connectivity index (χ0) is 10.4. The first kappa shape index (κ1) is 11.0. The summed E-state index contributed by atoms with van der Waals surface area (Å²) in [6.45, 7) is 7.47. The summed E-state index contributed by atoms with van der Waals surface area (Å²) in [7, 11) is 0. The van der Waals surface area contributed by atoms with E-state index < -0.39 is 0 Å². The lowest BCUT2D eigenvalue weighted by molar-refractivity contribution is 0.437. The van der Waals surface area contributed by atoms with Gasteiger partial charge in [-0.1, -0.05) is 51.1 Å². The van der Waals surface area contributed by atoms with Crippen molar-refractivity contribution in [2.45, 2.75) is 33.7 Å². The van der Waals surface area contributed by atoms with Crippen LogP contribution in [0, 0.1) is 5.41 Å². The van der Waals surface area contributed by atoms with Gasteiger partial charge in [-0.3, -0.25) is 4.99 Å². The summed E-state index contributed by atoms with van der Waals surface area (Å²) in [4.78, 5) is 4.40. The SMILES string of the molecule is CC(C)(C)C/C=N/Cc1ccccc1. The minimum absolute atomic E-state index is 0.347. The summed E-state index contributed by atoms with van der Waals surface area (Å²) in [5.41, 5.74) is 1.62. The molecule has 1 aromatic rings. The van der Waals surface area contributed by atoms with Crippen molar-refractivity contribution in [2.24, 2.45) is 10.4 Å². The van der Waals surface area contributed by atoms with Crippen molar-refractivity contribution in [3.05, 3.63) is 35.9 Å². The third kappa shape index (κ3) is 4.80. The Morgan fingerprint density at radius 1 is 1.14 bits per heavy atom. The van der Waals surface area contributed by atoms with Gasteiger partial charge in [0.15, 0.2) is 0 Å². The second kappa shape index (κ2) is 4.94. The highest BCUT2D eigenvalue weighted by atomic mass is 14.7. The second-order valence-electron chi connectivity index (χ2n) is 4.77. The van der Waals surface area contributed by atoms with E-state index in [9.17, 15) is 0 Å². The Morgan fingerprint density at radius 3 is 2.36 bits per heavy atom. The zero-order valence-electron chi connectivity index (χ0n) is 9.33. The third-order valence-electron chi connectivity index (χ3n) is 1.95. The molecule has 1 heteroatoms. The first-order valence-corrected chi connectivity index (χ1v) is 5.10. The summed E-state index contributed by atoms with van der Waals surface area (Å²) in [6, 6.07) is 10.3. The summed E-state index contributed by atoms with van der Waals surface area (Å²) in [5.74, 6) is 0. The van der Waals surface area contributed by atoms with Gasteiger partial charge >= 0.3 is 0 Å². The largest absolute Gasteiger partial charge is 0.293 e. The summed E-state index contributed by atoms with van der Waals surface area (Å²) < 4.78 is 0. The van der Waals surface area contributed by atoms with Crippen LogP contribution in [-0.2, 0) is 6.54 Å². The van der Waals surface area contributed by atoms with Gasteiger partial charge in [0.1, 0.15) is 0 Å². The predicted octanol–water partition coefficient (Wildman–Crippen LogP) is 3.69. The van der Waals surface area contributed by atoms with Crippen LogP contribution in [0.5, 0.6) is 0 Å². The monoisotopic (exact) mass is 189 g/mol. The van der Waals surface area contributed by atoms with Gasteiger partial charge in [0.05, 0.1) is 6.54 Å². The smallest absolute Gasteiger partial charge is 0.0635 e. The molecule has 14 heavy (non-hydrogen) atoms. The molecule has 0 spiro atoms. The average Bonchev–Trinajstić information content (AvgIpc) is 2.13. The average molecular weight is 189 g/mol. The Kier molecular flexibility index (Phi) is 3.87. The van der Waals surface area contributed by atoms with Gasteiger partial charge in [-0.25, -0.2) is 0 Å². The number of hydrogen-bond donors (Lipinski definition) is 0. The zero-order valence-corrected chi connectivity index (χ0v) is 9.33. The fourth-order valence-corrected chi connectivity index (χ4v) is 1.09. The molecule has 1 nitrogen and oxygen atoms in total. The van der Waals surface area contributed by atoms with Gasteiger partial charge in [0.2, 0.25) is 0 Å². The highest BCUT2D eigenvalue weighted by Gasteiger charge is 2.06. The maximum absolute atomic E-state index is 4.40. The molecule has 0 aliphatic heterocycles. The maximum Gasteiger partial charge on any atom is 0.0635 e. The van der Waals surface area contributed by atoms with Crippen molar-refractivity contribution in [2.75, 3.05) is 0 Å². The minimum Gasteiger partial charge on any atom is -0.293 e. The van der Waals surface area contributed by atoms with Crippen LogP contribution in [0.3, 0.4) is 0 Å². The van der Waals surface area contributed by atoms with Crippen molar-refractivity contribution >= 4 is 6.21 Å². The van der Waals surface area contributed by atoms with Crippen molar-refractivity contribution in [1.82, 2.24) is 0 Å². The highest BCUT2D eigenvalue weighted by Crippen LogP contribution is 2.16. The fraction of sp³-hybridized carbons (Fsp3) is 0.462. The summed E-state index contributed by atoms with van der Waals surface area (Å²) in [5, 5.41) is 0. The maximum atomic E-state index is 4.40. The Morgan fingerprint density at radius 2 is 1.79 bits per heavy atom. The molecule has 0 saturated carbocycles. The van der Waals surface area contributed by atoms with E-state index in [0.29, 0.717) is 5.41 Å². The van der Waals surface area contributed by atoms with Crippen molar-refractivity contribution < 1.29 is 0 Å². The Hall–Kier alpha value is -1.11. The molecule has 0 radical (unpaired) electrons. The van der Waals surface area contributed by atoms with Crippen LogP contribution >= 0.6 is 0 Å². The molecule has 0 heterocycles. The van der Waals surface area contributed by atoms with E-state index in [4.69, 9.17) is 0 Å². The number of benzene rings is 1. The number of nitrogens with zero attached hydrogens (tertiary/aromatic N) is 1. The van der Waals surface area contributed by atoms with E-state index in [1.165, 1.54) is 5.56 Å². The molecule has 1 rings (SSSR count). The third-order valence-corrected chi connectivity index (χ3v) is 1.95. The molecule has 0 aliphatic rings. The number of hydrogen-bond acceptors (Lipinski definition) is 1. The Bertz CT molecular complexity index is 280. The van der Waals surface area contributed by atoms with Crippen LogP contribution in [0.4, 0.5) is 0 Å². The minimum atomic E-state index is 0.347. The Balaban J connectivity index is 2.35.